The Kier molecular flexibility index (Phi) is 5.21. The zero-order valence-corrected chi connectivity index (χ0v) is 14.0. The lowest BCUT2D eigenvalue weighted by Gasteiger charge is -2.26. The molecule has 2 aromatic rings. The van der Waals surface area contributed by atoms with Crippen LogP contribution in [0.25, 0.3) is 0 Å². The van der Waals surface area contributed by atoms with Crippen LogP contribution in [0.3, 0.4) is 0 Å². The molecule has 0 atom stereocenters. The number of carbonyl (C=O) groups is 3. The van der Waals surface area contributed by atoms with Gasteiger partial charge in [-0.15, -0.1) is 0 Å². The minimum Gasteiger partial charge on any atom is -0.476 e. The Morgan fingerprint density at radius 2 is 1.69 bits per heavy atom. The largest absolute Gasteiger partial charge is 0.476 e. The van der Waals surface area contributed by atoms with Crippen LogP contribution < -0.4 is 5.32 Å². The maximum Gasteiger partial charge on any atom is 0.356 e. The topological polar surface area (TPSA) is 112 Å². The summed E-state index contributed by atoms with van der Waals surface area (Å²) >= 11 is 0. The van der Waals surface area contributed by atoms with E-state index >= 15 is 0 Å². The molecule has 0 radical (unpaired) electrons. The van der Waals surface area contributed by atoms with Crippen molar-refractivity contribution in [1.29, 1.82) is 0 Å². The van der Waals surface area contributed by atoms with Gasteiger partial charge in [0.15, 0.2) is 5.69 Å². The van der Waals surface area contributed by atoms with Crippen LogP contribution in [0.5, 0.6) is 0 Å². The number of benzene rings is 1. The molecule has 0 unspecified atom stereocenters. The van der Waals surface area contributed by atoms with E-state index in [0.717, 1.165) is 44.7 Å². The number of carboxylic acid groups (broad SMARTS) is 1. The molecule has 1 aromatic carbocycles. The predicted molar refractivity (Wildman–Crippen MR) is 93.1 cm³/mol. The summed E-state index contributed by atoms with van der Waals surface area (Å²) in [7, 11) is 0. The molecule has 8 heteroatoms. The molecule has 0 saturated carbocycles. The predicted octanol–water partition coefficient (Wildman–Crippen LogP) is 2.05. The van der Waals surface area contributed by atoms with Crippen LogP contribution in [0.15, 0.2) is 36.7 Å². The van der Waals surface area contributed by atoms with Crippen molar-refractivity contribution in [3.05, 3.63) is 53.6 Å². The zero-order chi connectivity index (χ0) is 18.5. The first kappa shape index (κ1) is 17.5. The van der Waals surface area contributed by atoms with Crippen molar-refractivity contribution in [2.45, 2.75) is 19.3 Å². The monoisotopic (exact) mass is 354 g/mol. The van der Waals surface area contributed by atoms with E-state index in [0.29, 0.717) is 11.3 Å². The van der Waals surface area contributed by atoms with Gasteiger partial charge in [-0.25, -0.2) is 14.8 Å². The lowest BCUT2D eigenvalue weighted by Crippen LogP contribution is -2.35. The Morgan fingerprint density at radius 1 is 1.00 bits per heavy atom. The number of piperidine rings is 1. The van der Waals surface area contributed by atoms with Gasteiger partial charge in [-0.3, -0.25) is 9.59 Å². The Hall–Kier alpha value is -3.29. The number of hydrogen-bond acceptors (Lipinski definition) is 5. The number of carboxylic acids is 1. The van der Waals surface area contributed by atoms with Crippen molar-refractivity contribution in [2.75, 3.05) is 18.4 Å². The van der Waals surface area contributed by atoms with E-state index in [1.807, 2.05) is 4.90 Å². The van der Waals surface area contributed by atoms with Crippen LogP contribution in [0.2, 0.25) is 0 Å². The lowest BCUT2D eigenvalue weighted by atomic mass is 10.1. The number of hydrogen-bond donors (Lipinski definition) is 2. The maximum absolute atomic E-state index is 12.5. The third-order valence-corrected chi connectivity index (χ3v) is 4.11. The van der Waals surface area contributed by atoms with Gasteiger partial charge in [-0.2, -0.15) is 0 Å². The second kappa shape index (κ2) is 7.73. The number of amides is 2. The van der Waals surface area contributed by atoms with Gasteiger partial charge >= 0.3 is 5.97 Å². The second-order valence-corrected chi connectivity index (χ2v) is 5.98. The molecule has 1 fully saturated rings. The molecule has 26 heavy (non-hydrogen) atoms. The minimum absolute atomic E-state index is 0.0113. The van der Waals surface area contributed by atoms with Crippen molar-refractivity contribution < 1.29 is 19.5 Å². The molecular formula is C18H18N4O4. The molecule has 0 bridgehead atoms. The van der Waals surface area contributed by atoms with Crippen molar-refractivity contribution in [3.8, 4) is 0 Å². The fourth-order valence-electron chi connectivity index (χ4n) is 2.76. The zero-order valence-electron chi connectivity index (χ0n) is 14.0. The van der Waals surface area contributed by atoms with Gasteiger partial charge in [0.2, 0.25) is 0 Å². The highest BCUT2D eigenvalue weighted by Crippen LogP contribution is 2.17. The summed E-state index contributed by atoms with van der Waals surface area (Å²) < 4.78 is 0. The van der Waals surface area contributed by atoms with E-state index in [1.165, 1.54) is 0 Å². The molecule has 0 spiro atoms. The molecule has 1 aliphatic rings. The third kappa shape index (κ3) is 4.02. The van der Waals surface area contributed by atoms with E-state index in [-0.39, 0.29) is 17.3 Å². The van der Waals surface area contributed by atoms with E-state index in [2.05, 4.69) is 15.3 Å². The Balaban J connectivity index is 1.70. The molecule has 1 saturated heterocycles. The molecule has 8 nitrogen and oxygen atoms in total. The van der Waals surface area contributed by atoms with Gasteiger partial charge in [0.25, 0.3) is 11.8 Å². The summed E-state index contributed by atoms with van der Waals surface area (Å²) in [5, 5.41) is 11.4. The number of anilines is 1. The number of carbonyl (C=O) groups excluding carboxylic acids is 2. The van der Waals surface area contributed by atoms with Crippen LogP contribution in [0.4, 0.5) is 5.69 Å². The number of aromatic nitrogens is 2. The summed E-state index contributed by atoms with van der Waals surface area (Å²) in [6, 6.07) is 6.71. The Bertz CT molecular complexity index is 829. The van der Waals surface area contributed by atoms with Crippen molar-refractivity contribution in [2.24, 2.45) is 0 Å². The van der Waals surface area contributed by atoms with Crippen LogP contribution in [0.1, 0.15) is 50.6 Å². The SMILES string of the molecule is O=C(O)c1cnc(C(=O)Nc2cccc(C(=O)N3CCCCC3)c2)cn1. The first-order chi connectivity index (χ1) is 12.5. The first-order valence-corrected chi connectivity index (χ1v) is 8.30. The van der Waals surface area contributed by atoms with Crippen LogP contribution in [-0.4, -0.2) is 50.8 Å². The quantitative estimate of drug-likeness (QED) is 0.869. The highest BCUT2D eigenvalue weighted by atomic mass is 16.4. The van der Waals surface area contributed by atoms with Gasteiger partial charge in [0, 0.05) is 24.3 Å². The first-order valence-electron chi connectivity index (χ1n) is 8.30. The van der Waals surface area contributed by atoms with Crippen LogP contribution in [0, 0.1) is 0 Å². The summed E-state index contributed by atoms with van der Waals surface area (Å²) in [6.45, 7) is 1.50. The van der Waals surface area contributed by atoms with Crippen molar-refractivity contribution in [1.82, 2.24) is 14.9 Å². The van der Waals surface area contributed by atoms with E-state index in [1.54, 1.807) is 24.3 Å². The normalized spacial score (nSPS) is 13.9. The number of nitrogens with zero attached hydrogens (tertiary/aromatic N) is 3. The molecule has 0 aliphatic carbocycles. The fourth-order valence-corrected chi connectivity index (χ4v) is 2.76. The molecule has 134 valence electrons. The smallest absolute Gasteiger partial charge is 0.356 e. The fraction of sp³-hybridized carbons (Fsp3) is 0.278. The minimum atomic E-state index is -1.21. The van der Waals surface area contributed by atoms with Gasteiger partial charge in [0.1, 0.15) is 5.69 Å². The summed E-state index contributed by atoms with van der Waals surface area (Å²) in [4.78, 5) is 44.8. The maximum atomic E-state index is 12.5. The number of aromatic carboxylic acids is 1. The standard InChI is InChI=1S/C18H18N4O4/c23-16(14-10-20-15(11-19-14)18(25)26)21-13-6-4-5-12(9-13)17(24)22-7-2-1-3-8-22/h4-6,9-11H,1-3,7-8H2,(H,21,23)(H,25,26). The molecule has 3 rings (SSSR count). The average molecular weight is 354 g/mol. The van der Waals surface area contributed by atoms with Gasteiger partial charge in [-0.05, 0) is 37.5 Å². The molecule has 1 aliphatic heterocycles. The van der Waals surface area contributed by atoms with Crippen molar-refractivity contribution in [3.63, 3.8) is 0 Å². The highest BCUT2D eigenvalue weighted by molar-refractivity contribution is 6.04. The van der Waals surface area contributed by atoms with E-state index in [9.17, 15) is 14.4 Å². The number of likely N-dealkylation sites (tertiary alicyclic amines) is 1. The summed E-state index contributed by atoms with van der Waals surface area (Å²) in [6.07, 6.45) is 5.27. The third-order valence-electron chi connectivity index (χ3n) is 4.11. The van der Waals surface area contributed by atoms with E-state index in [4.69, 9.17) is 5.11 Å². The lowest BCUT2D eigenvalue weighted by molar-refractivity contribution is 0.0687. The van der Waals surface area contributed by atoms with Gasteiger partial charge < -0.3 is 15.3 Å². The van der Waals surface area contributed by atoms with Gasteiger partial charge in [-0.1, -0.05) is 6.07 Å². The number of nitrogens with one attached hydrogen (secondary N) is 1. The Labute approximate surface area is 149 Å². The average Bonchev–Trinajstić information content (AvgIpc) is 2.68. The Morgan fingerprint density at radius 3 is 2.35 bits per heavy atom. The number of rotatable bonds is 4. The van der Waals surface area contributed by atoms with Gasteiger partial charge in [0.05, 0.1) is 12.4 Å². The van der Waals surface area contributed by atoms with Crippen LogP contribution in [-0.2, 0) is 0 Å². The van der Waals surface area contributed by atoms with E-state index < -0.39 is 11.9 Å². The molecule has 1 aromatic heterocycles. The highest BCUT2D eigenvalue weighted by Gasteiger charge is 2.19. The summed E-state index contributed by atoms with van der Waals surface area (Å²) in [5.74, 6) is -1.79. The molecule has 2 amide bonds. The molecule has 2 N–H and O–H groups in total. The summed E-state index contributed by atoms with van der Waals surface area (Å²) in [5.41, 5.74) is 0.720. The molecule has 2 heterocycles. The second-order valence-electron chi connectivity index (χ2n) is 5.98. The van der Waals surface area contributed by atoms with Crippen molar-refractivity contribution >= 4 is 23.5 Å². The molecular weight excluding hydrogens is 336 g/mol. The van der Waals surface area contributed by atoms with Crippen LogP contribution >= 0.6 is 0 Å².